The molecule has 0 unspecified atom stereocenters. The molecule has 2 fully saturated rings. The van der Waals surface area contributed by atoms with Gasteiger partial charge in [0.05, 0.1) is 18.0 Å². The fourth-order valence-corrected chi connectivity index (χ4v) is 5.01. The van der Waals surface area contributed by atoms with Crippen molar-refractivity contribution in [2.24, 2.45) is 10.7 Å². The van der Waals surface area contributed by atoms with Crippen LogP contribution in [-0.4, -0.2) is 32.7 Å². The summed E-state index contributed by atoms with van der Waals surface area (Å²) < 4.78 is 39.3. The summed E-state index contributed by atoms with van der Waals surface area (Å²) >= 11 is 0. The van der Waals surface area contributed by atoms with Crippen LogP contribution in [0.25, 0.3) is 0 Å². The number of guanidine groups is 1. The highest BCUT2D eigenvalue weighted by Gasteiger charge is 2.30. The van der Waals surface area contributed by atoms with Gasteiger partial charge in [-0.2, -0.15) is 0 Å². The molecule has 1 saturated carbocycles. The highest BCUT2D eigenvalue weighted by molar-refractivity contribution is 14.0. The first-order valence-electron chi connectivity index (χ1n) is 8.81. The lowest BCUT2D eigenvalue weighted by Gasteiger charge is -2.23. The third kappa shape index (κ3) is 5.21. The summed E-state index contributed by atoms with van der Waals surface area (Å²) in [5.74, 6) is -0.0996. The molecule has 0 atom stereocenters. The van der Waals surface area contributed by atoms with Crippen LogP contribution in [0.4, 0.5) is 10.1 Å². The monoisotopic (exact) mass is 496 g/mol. The first kappa shape index (κ1) is 21.2. The molecule has 0 spiro atoms. The van der Waals surface area contributed by atoms with Gasteiger partial charge in [0.1, 0.15) is 5.82 Å². The van der Waals surface area contributed by atoms with Gasteiger partial charge >= 0.3 is 0 Å². The number of sulfonamides is 1. The number of benzene rings is 1. The lowest BCUT2D eigenvalue weighted by molar-refractivity contribution is 0.412. The summed E-state index contributed by atoms with van der Waals surface area (Å²) in [5.41, 5.74) is 6.68. The number of anilines is 1. The second-order valence-corrected chi connectivity index (χ2v) is 8.72. The smallest absolute Gasteiger partial charge is 0.235 e. The van der Waals surface area contributed by atoms with Crippen LogP contribution in [0.1, 0.15) is 44.1 Å². The minimum Gasteiger partial charge on any atom is -0.370 e. The van der Waals surface area contributed by atoms with Crippen LogP contribution in [0, 0.1) is 5.82 Å². The molecule has 1 aliphatic carbocycles. The Bertz CT molecular complexity index is 751. The maximum absolute atomic E-state index is 14.3. The van der Waals surface area contributed by atoms with Crippen molar-refractivity contribution in [3.05, 3.63) is 29.6 Å². The van der Waals surface area contributed by atoms with Crippen LogP contribution in [0.3, 0.4) is 0 Å². The van der Waals surface area contributed by atoms with Crippen LogP contribution < -0.4 is 15.4 Å². The van der Waals surface area contributed by atoms with Gasteiger partial charge in [-0.25, -0.2) is 17.8 Å². The Morgan fingerprint density at radius 2 is 2.00 bits per heavy atom. The molecule has 3 N–H and O–H groups in total. The van der Waals surface area contributed by atoms with Crippen molar-refractivity contribution in [3.8, 4) is 0 Å². The lowest BCUT2D eigenvalue weighted by Crippen LogP contribution is -2.41. The van der Waals surface area contributed by atoms with Gasteiger partial charge in [-0.3, -0.25) is 4.31 Å². The minimum absolute atomic E-state index is 0. The molecule has 1 aromatic carbocycles. The molecule has 2 aliphatic rings. The fraction of sp³-hybridized carbons (Fsp3) is 0.588. The Balaban J connectivity index is 0.00000243. The van der Waals surface area contributed by atoms with Crippen LogP contribution in [0.5, 0.6) is 0 Å². The third-order valence-electron chi connectivity index (χ3n) is 4.77. The third-order valence-corrected chi connectivity index (χ3v) is 6.62. The van der Waals surface area contributed by atoms with Gasteiger partial charge in [0, 0.05) is 12.6 Å². The Morgan fingerprint density at radius 3 is 2.62 bits per heavy atom. The fourth-order valence-electron chi connectivity index (χ4n) is 3.44. The van der Waals surface area contributed by atoms with E-state index in [1.165, 1.54) is 31.4 Å². The molecule has 0 amide bonds. The summed E-state index contributed by atoms with van der Waals surface area (Å²) in [4.78, 5) is 4.27. The maximum Gasteiger partial charge on any atom is 0.235 e. The molecule has 0 radical (unpaired) electrons. The van der Waals surface area contributed by atoms with E-state index in [1.54, 1.807) is 6.07 Å². The number of rotatable bonds is 4. The molecular formula is C17H26FIN4O2S. The van der Waals surface area contributed by atoms with E-state index in [-0.39, 0.29) is 42.0 Å². The molecule has 26 heavy (non-hydrogen) atoms. The van der Waals surface area contributed by atoms with Gasteiger partial charge in [0.2, 0.25) is 10.0 Å². The quantitative estimate of drug-likeness (QED) is 0.381. The van der Waals surface area contributed by atoms with Crippen molar-refractivity contribution in [1.29, 1.82) is 0 Å². The predicted molar refractivity (Wildman–Crippen MR) is 113 cm³/mol. The second-order valence-electron chi connectivity index (χ2n) is 6.71. The number of nitrogens with one attached hydrogen (secondary N) is 1. The van der Waals surface area contributed by atoms with Gasteiger partial charge in [-0.05, 0) is 37.0 Å². The highest BCUT2D eigenvalue weighted by Crippen LogP contribution is 2.27. The predicted octanol–water partition coefficient (Wildman–Crippen LogP) is 2.72. The van der Waals surface area contributed by atoms with Gasteiger partial charge in [-0.15, -0.1) is 24.0 Å². The van der Waals surface area contributed by atoms with Crippen molar-refractivity contribution >= 4 is 45.6 Å². The Morgan fingerprint density at radius 1 is 1.27 bits per heavy atom. The first-order valence-corrected chi connectivity index (χ1v) is 10.4. The van der Waals surface area contributed by atoms with Crippen LogP contribution in [-0.2, 0) is 16.6 Å². The van der Waals surface area contributed by atoms with Crippen LogP contribution in [0.15, 0.2) is 23.2 Å². The van der Waals surface area contributed by atoms with E-state index in [9.17, 15) is 12.8 Å². The molecule has 9 heteroatoms. The topological polar surface area (TPSA) is 87.8 Å². The molecule has 0 bridgehead atoms. The Labute approximate surface area is 171 Å². The average Bonchev–Trinajstić information content (AvgIpc) is 2.93. The number of nitrogens with two attached hydrogens (primary N) is 1. The summed E-state index contributed by atoms with van der Waals surface area (Å²) in [6.07, 6.45) is 6.41. The van der Waals surface area contributed by atoms with E-state index in [0.717, 1.165) is 17.1 Å². The molecule has 1 saturated heterocycles. The largest absolute Gasteiger partial charge is 0.370 e. The van der Waals surface area contributed by atoms with Gasteiger partial charge in [0.25, 0.3) is 0 Å². The van der Waals surface area contributed by atoms with E-state index in [0.29, 0.717) is 30.5 Å². The highest BCUT2D eigenvalue weighted by atomic mass is 127. The molecule has 3 rings (SSSR count). The zero-order valence-corrected chi connectivity index (χ0v) is 17.8. The van der Waals surface area contributed by atoms with Crippen molar-refractivity contribution < 1.29 is 12.8 Å². The number of hydrogen-bond donors (Lipinski definition) is 2. The molecule has 0 aromatic heterocycles. The van der Waals surface area contributed by atoms with Crippen LogP contribution >= 0.6 is 24.0 Å². The zero-order chi connectivity index (χ0) is 17.9. The Hall–Kier alpha value is -1.10. The van der Waals surface area contributed by atoms with Gasteiger partial charge in [0.15, 0.2) is 5.96 Å². The first-order chi connectivity index (χ1) is 12.0. The van der Waals surface area contributed by atoms with Crippen molar-refractivity contribution in [3.63, 3.8) is 0 Å². The second kappa shape index (κ2) is 9.20. The zero-order valence-electron chi connectivity index (χ0n) is 14.7. The number of nitrogens with zero attached hydrogens (tertiary/aromatic N) is 2. The maximum atomic E-state index is 14.3. The van der Waals surface area contributed by atoms with Crippen molar-refractivity contribution in [1.82, 2.24) is 5.32 Å². The van der Waals surface area contributed by atoms with E-state index in [2.05, 4.69) is 10.3 Å². The van der Waals surface area contributed by atoms with Crippen molar-refractivity contribution in [2.75, 3.05) is 16.6 Å². The number of halogens is 2. The minimum atomic E-state index is -3.38. The van der Waals surface area contributed by atoms with Crippen LogP contribution in [0.2, 0.25) is 0 Å². The van der Waals surface area contributed by atoms with Gasteiger partial charge < -0.3 is 11.1 Å². The molecule has 6 nitrogen and oxygen atoms in total. The SMILES string of the molecule is I.NC(=NCc1ccc(N2CCCS2(=O)=O)c(F)c1)NC1CCCCC1. The summed E-state index contributed by atoms with van der Waals surface area (Å²) in [6.45, 7) is 0.588. The number of hydrogen-bond acceptors (Lipinski definition) is 3. The van der Waals surface area contributed by atoms with Crippen molar-refractivity contribution in [2.45, 2.75) is 51.1 Å². The Kier molecular flexibility index (Phi) is 7.51. The van der Waals surface area contributed by atoms with E-state index >= 15 is 0 Å². The summed E-state index contributed by atoms with van der Waals surface area (Å²) in [5, 5.41) is 3.22. The average molecular weight is 496 g/mol. The lowest BCUT2D eigenvalue weighted by atomic mass is 9.96. The molecule has 1 aliphatic heterocycles. The van der Waals surface area contributed by atoms with E-state index in [1.807, 2.05) is 0 Å². The summed E-state index contributed by atoms with van der Waals surface area (Å²) in [6, 6.07) is 4.91. The van der Waals surface area contributed by atoms with Gasteiger partial charge in [-0.1, -0.05) is 25.3 Å². The molecule has 1 aromatic rings. The molecular weight excluding hydrogens is 470 g/mol. The summed E-state index contributed by atoms with van der Waals surface area (Å²) in [7, 11) is -3.38. The molecule has 146 valence electrons. The molecule has 1 heterocycles. The normalized spacial score (nSPS) is 20.7. The standard InChI is InChI=1S/C17H25FN4O2S.HI/c18-15-11-13(7-8-16(15)22-9-4-10-25(22,23)24)12-20-17(19)21-14-5-2-1-3-6-14;/h7-8,11,14H,1-6,9-10,12H2,(H3,19,20,21);1H. The number of aliphatic imine (C=N–C) groups is 1. The van der Waals surface area contributed by atoms with E-state index < -0.39 is 15.8 Å². The van der Waals surface area contributed by atoms with E-state index in [4.69, 9.17) is 5.73 Å².